The maximum absolute atomic E-state index is 9.32. The zero-order valence-electron chi connectivity index (χ0n) is 18.1. The minimum absolute atomic E-state index is 0.277. The van der Waals surface area contributed by atoms with Crippen molar-refractivity contribution in [3.8, 4) is 17.2 Å². The quantitative estimate of drug-likeness (QED) is 0.639. The smallest absolute Gasteiger partial charge is 0.221 e. The molecule has 7 heteroatoms. The maximum Gasteiger partial charge on any atom is 0.221 e. The molecular weight excluding hydrogens is 402 g/mol. The lowest BCUT2D eigenvalue weighted by Crippen LogP contribution is -2.46. The Balaban J connectivity index is 1.52. The van der Waals surface area contributed by atoms with Crippen LogP contribution in [0.15, 0.2) is 52.0 Å². The highest BCUT2D eigenvalue weighted by Gasteiger charge is 2.64. The number of benzene rings is 2. The number of nitriles is 1. The van der Waals surface area contributed by atoms with Crippen molar-refractivity contribution in [2.75, 3.05) is 7.05 Å². The highest BCUT2D eigenvalue weighted by atomic mass is 16.7. The van der Waals surface area contributed by atoms with Crippen molar-refractivity contribution < 1.29 is 9.36 Å². The van der Waals surface area contributed by atoms with Crippen LogP contribution in [0.1, 0.15) is 40.1 Å². The molecule has 0 saturated carbocycles. The summed E-state index contributed by atoms with van der Waals surface area (Å²) >= 11 is 0. The van der Waals surface area contributed by atoms with Crippen LogP contribution in [-0.4, -0.2) is 23.2 Å². The van der Waals surface area contributed by atoms with Crippen LogP contribution >= 0.6 is 0 Å². The van der Waals surface area contributed by atoms with Crippen LogP contribution < -0.4 is 5.73 Å². The first-order chi connectivity index (χ1) is 15.4. The molecule has 0 radical (unpaired) electrons. The van der Waals surface area contributed by atoms with E-state index in [0.29, 0.717) is 11.5 Å². The first-order valence-electron chi connectivity index (χ1n) is 10.8. The van der Waals surface area contributed by atoms with Crippen molar-refractivity contribution in [1.82, 2.24) is 10.2 Å². The van der Waals surface area contributed by atoms with Crippen LogP contribution in [0, 0.1) is 23.7 Å². The molecule has 2 spiro atoms. The maximum atomic E-state index is 9.32. The predicted octanol–water partition coefficient (Wildman–Crippen LogP) is 3.60. The van der Waals surface area contributed by atoms with E-state index in [1.165, 1.54) is 5.56 Å². The molecule has 160 valence electrons. The third-order valence-corrected chi connectivity index (χ3v) is 7.32. The fourth-order valence-electron chi connectivity index (χ4n) is 5.66. The van der Waals surface area contributed by atoms with Crippen molar-refractivity contribution in [1.29, 1.82) is 5.26 Å². The zero-order valence-corrected chi connectivity index (χ0v) is 18.1. The molecule has 32 heavy (non-hydrogen) atoms. The summed E-state index contributed by atoms with van der Waals surface area (Å²) in [7, 11) is 1.80. The first kappa shape index (κ1) is 19.1. The Morgan fingerprint density at radius 1 is 1.16 bits per heavy atom. The predicted molar refractivity (Wildman–Crippen MR) is 118 cm³/mol. The molecule has 2 N–H and O–H groups in total. The molecule has 0 fully saturated rings. The largest absolute Gasteiger partial charge is 0.368 e. The minimum Gasteiger partial charge on any atom is -0.368 e. The summed E-state index contributed by atoms with van der Waals surface area (Å²) in [5.74, 6) is 1.35. The number of aliphatic imine (C=N–C) groups is 1. The topological polar surface area (TPSA) is 101 Å². The molecule has 0 bridgehead atoms. The number of hydrogen-bond acceptors (Lipinski definition) is 7. The molecule has 2 unspecified atom stereocenters. The van der Waals surface area contributed by atoms with E-state index in [-0.39, 0.29) is 5.41 Å². The molecule has 3 aromatic rings. The minimum atomic E-state index is -0.897. The Labute approximate surface area is 186 Å². The number of rotatable bonds is 1. The van der Waals surface area contributed by atoms with Crippen molar-refractivity contribution in [2.45, 2.75) is 38.3 Å². The van der Waals surface area contributed by atoms with Crippen LogP contribution in [0.5, 0.6) is 0 Å². The van der Waals surface area contributed by atoms with Crippen LogP contribution in [0.2, 0.25) is 0 Å². The lowest BCUT2D eigenvalue weighted by Gasteiger charge is -2.42. The second kappa shape index (κ2) is 6.44. The number of guanidine groups is 1. The molecule has 2 aliphatic carbocycles. The Morgan fingerprint density at radius 2 is 2.00 bits per heavy atom. The van der Waals surface area contributed by atoms with Gasteiger partial charge in [0.05, 0.1) is 17.3 Å². The second-order valence-corrected chi connectivity index (χ2v) is 9.07. The Morgan fingerprint density at radius 3 is 2.78 bits per heavy atom. The molecule has 1 aromatic heterocycles. The van der Waals surface area contributed by atoms with Gasteiger partial charge in [0.25, 0.3) is 0 Å². The summed E-state index contributed by atoms with van der Waals surface area (Å²) in [5.41, 5.74) is 12.1. The molecule has 3 aliphatic rings. The van der Waals surface area contributed by atoms with E-state index >= 15 is 0 Å². The highest BCUT2D eigenvalue weighted by Crippen LogP contribution is 2.61. The molecule has 1 aliphatic heterocycles. The number of fused-ring (bicyclic) bond motifs is 4. The van der Waals surface area contributed by atoms with E-state index in [0.717, 1.165) is 59.4 Å². The lowest BCUT2D eigenvalue weighted by molar-refractivity contribution is -0.224. The molecule has 2 aromatic carbocycles. The Kier molecular flexibility index (Phi) is 3.84. The summed E-state index contributed by atoms with van der Waals surface area (Å²) < 4.78 is 5.57. The Hall–Kier alpha value is -3.63. The molecule has 0 amide bonds. The van der Waals surface area contributed by atoms with Gasteiger partial charge in [-0.15, -0.1) is 0 Å². The van der Waals surface area contributed by atoms with E-state index in [9.17, 15) is 5.26 Å². The molecular formula is C25H23N5O2. The van der Waals surface area contributed by atoms with Gasteiger partial charge in [0, 0.05) is 30.0 Å². The third-order valence-electron chi connectivity index (χ3n) is 7.32. The van der Waals surface area contributed by atoms with Gasteiger partial charge in [-0.1, -0.05) is 29.4 Å². The van der Waals surface area contributed by atoms with Crippen molar-refractivity contribution in [2.24, 2.45) is 16.1 Å². The lowest BCUT2D eigenvalue weighted by atomic mass is 9.66. The summed E-state index contributed by atoms with van der Waals surface area (Å²) in [6.07, 6.45) is 3.28. The van der Waals surface area contributed by atoms with E-state index in [2.05, 4.69) is 29.4 Å². The van der Waals surface area contributed by atoms with E-state index in [1.54, 1.807) is 12.1 Å². The van der Waals surface area contributed by atoms with Crippen molar-refractivity contribution >= 4 is 5.96 Å². The number of nitrogens with zero attached hydrogens (tertiary/aromatic N) is 4. The Bertz CT molecular complexity index is 1340. The fourth-order valence-corrected chi connectivity index (χ4v) is 5.66. The van der Waals surface area contributed by atoms with Gasteiger partial charge < -0.3 is 10.3 Å². The van der Waals surface area contributed by atoms with Gasteiger partial charge in [-0.05, 0) is 61.1 Å². The number of aryl methyl sites for hydroxylation is 2. The van der Waals surface area contributed by atoms with Crippen LogP contribution in [0.25, 0.3) is 11.1 Å². The van der Waals surface area contributed by atoms with Gasteiger partial charge in [0.1, 0.15) is 5.76 Å². The number of nitrogens with two attached hydrogens (primary N) is 1. The van der Waals surface area contributed by atoms with Gasteiger partial charge in [-0.25, -0.2) is 14.9 Å². The van der Waals surface area contributed by atoms with Crippen LogP contribution in [0.3, 0.4) is 0 Å². The SMILES string of the molecule is Cc1noc2c1CC1(CC2)Cc2ccc(-c3cccc(C#N)c3)cc2C12N=C(N)N(C)O2. The third kappa shape index (κ3) is 2.44. The summed E-state index contributed by atoms with van der Waals surface area (Å²) in [6.45, 7) is 2.00. The van der Waals surface area contributed by atoms with Crippen LogP contribution in [-0.2, 0) is 29.8 Å². The number of aromatic nitrogens is 1. The van der Waals surface area contributed by atoms with Gasteiger partial charge in [-0.2, -0.15) is 5.26 Å². The first-order valence-corrected chi connectivity index (χ1v) is 10.8. The average molecular weight is 425 g/mol. The normalized spacial score (nSPS) is 25.7. The van der Waals surface area contributed by atoms with Gasteiger partial charge in [0.15, 0.2) is 0 Å². The van der Waals surface area contributed by atoms with E-state index in [4.69, 9.17) is 20.1 Å². The molecule has 2 heterocycles. The van der Waals surface area contributed by atoms with Gasteiger partial charge >= 0.3 is 0 Å². The summed E-state index contributed by atoms with van der Waals surface area (Å²) in [5, 5.41) is 15.1. The molecule has 0 saturated heterocycles. The monoisotopic (exact) mass is 425 g/mol. The average Bonchev–Trinajstić information content (AvgIpc) is 3.41. The zero-order chi connectivity index (χ0) is 22.1. The van der Waals surface area contributed by atoms with Gasteiger partial charge in [-0.3, -0.25) is 0 Å². The van der Waals surface area contributed by atoms with Crippen LogP contribution in [0.4, 0.5) is 0 Å². The van der Waals surface area contributed by atoms with E-state index in [1.807, 2.05) is 31.2 Å². The van der Waals surface area contributed by atoms with Crippen molar-refractivity contribution in [3.63, 3.8) is 0 Å². The number of hydrogen-bond donors (Lipinski definition) is 1. The van der Waals surface area contributed by atoms with Crippen molar-refractivity contribution in [3.05, 3.63) is 76.2 Å². The molecule has 2 atom stereocenters. The van der Waals surface area contributed by atoms with E-state index < -0.39 is 5.72 Å². The molecule has 7 nitrogen and oxygen atoms in total. The number of hydroxylamine groups is 2. The second-order valence-electron chi connectivity index (χ2n) is 9.07. The summed E-state index contributed by atoms with van der Waals surface area (Å²) in [6, 6.07) is 16.3. The standard InChI is InChI=1S/C25H23N5O2/c1-15-20-13-24(9-8-22(20)31-29-15)12-19-7-6-18(17-5-3-4-16(10-17)14-26)11-21(19)25(24)28-23(27)30(2)32-25/h3-7,10-11H,8-9,12-13H2,1-2H3,(H2,27,28). The summed E-state index contributed by atoms with van der Waals surface area (Å²) in [4.78, 5) is 11.5. The molecule has 6 rings (SSSR count). The highest BCUT2D eigenvalue weighted by molar-refractivity contribution is 5.79. The van der Waals surface area contributed by atoms with Gasteiger partial charge in [0.2, 0.25) is 11.7 Å². The fraction of sp³-hybridized carbons (Fsp3) is 0.320.